The third-order valence-electron chi connectivity index (χ3n) is 3.48. The minimum atomic E-state index is 0.263. The summed E-state index contributed by atoms with van der Waals surface area (Å²) in [6.07, 6.45) is 3.57. The molecule has 0 spiro atoms. The van der Waals surface area contributed by atoms with E-state index in [4.69, 9.17) is 0 Å². The molecule has 0 radical (unpaired) electrons. The van der Waals surface area contributed by atoms with E-state index in [1.54, 1.807) is 0 Å². The molecule has 2 rings (SSSR count). The molecule has 104 valence electrons. The number of carbonyl (C=O) groups is 1. The Balaban J connectivity index is 1.81. The Labute approximate surface area is 123 Å². The molecule has 3 nitrogen and oxygen atoms in total. The van der Waals surface area contributed by atoms with Gasteiger partial charge in [-0.05, 0) is 44.0 Å². The summed E-state index contributed by atoms with van der Waals surface area (Å²) in [5.74, 6) is 0.263. The highest BCUT2D eigenvalue weighted by atomic mass is 79.9. The van der Waals surface area contributed by atoms with Gasteiger partial charge in [-0.1, -0.05) is 28.1 Å². The molecule has 0 unspecified atom stereocenters. The Hall–Kier alpha value is -0.870. The first-order chi connectivity index (χ1) is 9.15. The highest BCUT2D eigenvalue weighted by Gasteiger charge is 2.17. The fraction of sp³-hybridized carbons (Fsp3) is 0.533. The van der Waals surface area contributed by atoms with Crippen molar-refractivity contribution in [3.05, 3.63) is 34.3 Å². The minimum Gasteiger partial charge on any atom is -0.342 e. The third kappa shape index (κ3) is 4.62. The summed E-state index contributed by atoms with van der Waals surface area (Å²) in [5.41, 5.74) is 1.23. The number of hydrogen-bond acceptors (Lipinski definition) is 2. The molecule has 0 bridgehead atoms. The fourth-order valence-corrected chi connectivity index (χ4v) is 2.70. The quantitative estimate of drug-likeness (QED) is 0.850. The van der Waals surface area contributed by atoms with Crippen molar-refractivity contribution >= 4 is 21.8 Å². The van der Waals surface area contributed by atoms with Crippen molar-refractivity contribution in [3.63, 3.8) is 0 Å². The van der Waals surface area contributed by atoms with Crippen molar-refractivity contribution in [1.29, 1.82) is 0 Å². The lowest BCUT2D eigenvalue weighted by Crippen LogP contribution is -2.41. The molecule has 1 heterocycles. The summed E-state index contributed by atoms with van der Waals surface area (Å²) in [7, 11) is 2.00. The summed E-state index contributed by atoms with van der Waals surface area (Å²) < 4.78 is 1.09. The predicted molar refractivity (Wildman–Crippen MR) is 80.9 cm³/mol. The van der Waals surface area contributed by atoms with Crippen molar-refractivity contribution in [1.82, 2.24) is 9.80 Å². The molecule has 1 aliphatic heterocycles. The molecule has 19 heavy (non-hydrogen) atoms. The Morgan fingerprint density at radius 3 is 2.47 bits per heavy atom. The van der Waals surface area contributed by atoms with E-state index in [9.17, 15) is 4.79 Å². The van der Waals surface area contributed by atoms with Crippen LogP contribution in [0.4, 0.5) is 0 Å². The van der Waals surface area contributed by atoms with Crippen LogP contribution in [0.15, 0.2) is 28.7 Å². The van der Waals surface area contributed by atoms with Crippen molar-refractivity contribution in [2.24, 2.45) is 0 Å². The van der Waals surface area contributed by atoms with Crippen LogP contribution in [0.3, 0.4) is 0 Å². The number of likely N-dealkylation sites (tertiary alicyclic amines) is 1. The minimum absolute atomic E-state index is 0.263. The topological polar surface area (TPSA) is 23.6 Å². The van der Waals surface area contributed by atoms with Gasteiger partial charge in [0, 0.05) is 24.1 Å². The molecule has 1 aliphatic rings. The largest absolute Gasteiger partial charge is 0.342 e. The fourth-order valence-electron chi connectivity index (χ4n) is 2.43. The predicted octanol–water partition coefficient (Wildman–Crippen LogP) is 2.89. The van der Waals surface area contributed by atoms with Crippen molar-refractivity contribution in [3.8, 4) is 0 Å². The maximum atomic E-state index is 12.1. The molecule has 1 aromatic carbocycles. The number of likely N-dealkylation sites (N-methyl/N-ethyl adjacent to an activating group) is 1. The van der Waals surface area contributed by atoms with Crippen LogP contribution in [-0.4, -0.2) is 42.4 Å². The van der Waals surface area contributed by atoms with Crippen LogP contribution in [0, 0.1) is 0 Å². The SMILES string of the molecule is CN(CC(=O)N1CCCCC1)Cc1ccc(Br)cc1. The Kier molecular flexibility index (Phi) is 5.40. The lowest BCUT2D eigenvalue weighted by atomic mass is 10.1. The normalized spacial score (nSPS) is 15.8. The second-order valence-corrected chi connectivity index (χ2v) is 6.16. The van der Waals surface area contributed by atoms with Crippen LogP contribution in [0.5, 0.6) is 0 Å². The first kappa shape index (κ1) is 14.5. The molecule has 1 fully saturated rings. The molecular formula is C15H21BrN2O. The monoisotopic (exact) mass is 324 g/mol. The van der Waals surface area contributed by atoms with Crippen LogP contribution >= 0.6 is 15.9 Å². The van der Waals surface area contributed by atoms with Crippen LogP contribution in [-0.2, 0) is 11.3 Å². The van der Waals surface area contributed by atoms with E-state index >= 15 is 0 Å². The highest BCUT2D eigenvalue weighted by Crippen LogP contribution is 2.12. The molecule has 0 saturated carbocycles. The van der Waals surface area contributed by atoms with Crippen LogP contribution in [0.1, 0.15) is 24.8 Å². The summed E-state index contributed by atoms with van der Waals surface area (Å²) in [6.45, 7) is 3.19. The zero-order chi connectivity index (χ0) is 13.7. The van der Waals surface area contributed by atoms with Gasteiger partial charge < -0.3 is 4.90 Å². The number of hydrogen-bond donors (Lipinski definition) is 0. The summed E-state index contributed by atoms with van der Waals surface area (Å²) in [4.78, 5) is 16.2. The zero-order valence-electron chi connectivity index (χ0n) is 11.4. The first-order valence-corrected chi connectivity index (χ1v) is 7.65. The first-order valence-electron chi connectivity index (χ1n) is 6.86. The van der Waals surface area contributed by atoms with Gasteiger partial charge in [-0.25, -0.2) is 0 Å². The van der Waals surface area contributed by atoms with Gasteiger partial charge in [0.2, 0.25) is 5.91 Å². The lowest BCUT2D eigenvalue weighted by Gasteiger charge is -2.28. The average Bonchev–Trinajstić information content (AvgIpc) is 2.42. The summed E-state index contributed by atoms with van der Waals surface area (Å²) in [6, 6.07) is 8.25. The second kappa shape index (κ2) is 7.06. The van der Waals surface area contributed by atoms with Gasteiger partial charge in [0.25, 0.3) is 0 Å². The van der Waals surface area contributed by atoms with E-state index in [0.717, 1.165) is 36.9 Å². The average molecular weight is 325 g/mol. The van der Waals surface area contributed by atoms with Gasteiger partial charge in [-0.2, -0.15) is 0 Å². The number of benzene rings is 1. The van der Waals surface area contributed by atoms with Gasteiger partial charge in [-0.3, -0.25) is 9.69 Å². The van der Waals surface area contributed by atoms with Crippen molar-refractivity contribution in [2.45, 2.75) is 25.8 Å². The highest BCUT2D eigenvalue weighted by molar-refractivity contribution is 9.10. The van der Waals surface area contributed by atoms with Crippen molar-refractivity contribution in [2.75, 3.05) is 26.7 Å². The third-order valence-corrected chi connectivity index (χ3v) is 4.01. The number of piperidine rings is 1. The van der Waals surface area contributed by atoms with E-state index in [1.807, 2.05) is 24.1 Å². The molecule has 0 aromatic heterocycles. The van der Waals surface area contributed by atoms with E-state index in [2.05, 4.69) is 33.0 Å². The standard InChI is InChI=1S/C15H21BrN2O/c1-17(11-13-5-7-14(16)8-6-13)12-15(19)18-9-3-2-4-10-18/h5-8H,2-4,9-12H2,1H3. The second-order valence-electron chi connectivity index (χ2n) is 5.24. The molecule has 0 aliphatic carbocycles. The van der Waals surface area contributed by atoms with E-state index in [0.29, 0.717) is 6.54 Å². The molecule has 1 saturated heterocycles. The van der Waals surface area contributed by atoms with Crippen LogP contribution < -0.4 is 0 Å². The Morgan fingerprint density at radius 1 is 1.21 bits per heavy atom. The van der Waals surface area contributed by atoms with Crippen molar-refractivity contribution < 1.29 is 4.79 Å². The number of rotatable bonds is 4. The molecule has 1 amide bonds. The Morgan fingerprint density at radius 2 is 1.84 bits per heavy atom. The van der Waals surface area contributed by atoms with E-state index < -0.39 is 0 Å². The molecule has 4 heteroatoms. The maximum Gasteiger partial charge on any atom is 0.236 e. The van der Waals surface area contributed by atoms with E-state index in [1.165, 1.54) is 12.0 Å². The molecule has 0 atom stereocenters. The van der Waals surface area contributed by atoms with Gasteiger partial charge in [-0.15, -0.1) is 0 Å². The smallest absolute Gasteiger partial charge is 0.236 e. The molecule has 1 aromatic rings. The maximum absolute atomic E-state index is 12.1. The van der Waals surface area contributed by atoms with Crippen LogP contribution in [0.25, 0.3) is 0 Å². The van der Waals surface area contributed by atoms with E-state index in [-0.39, 0.29) is 5.91 Å². The number of carbonyl (C=O) groups excluding carboxylic acids is 1. The van der Waals surface area contributed by atoms with Gasteiger partial charge >= 0.3 is 0 Å². The number of halogens is 1. The molecular weight excluding hydrogens is 304 g/mol. The number of nitrogens with zero attached hydrogens (tertiary/aromatic N) is 2. The lowest BCUT2D eigenvalue weighted by molar-refractivity contribution is -0.133. The zero-order valence-corrected chi connectivity index (χ0v) is 13.0. The number of amides is 1. The van der Waals surface area contributed by atoms with Gasteiger partial charge in [0.1, 0.15) is 0 Å². The van der Waals surface area contributed by atoms with Gasteiger partial charge in [0.05, 0.1) is 6.54 Å². The summed E-state index contributed by atoms with van der Waals surface area (Å²) in [5, 5.41) is 0. The van der Waals surface area contributed by atoms with Crippen LogP contribution in [0.2, 0.25) is 0 Å². The molecule has 0 N–H and O–H groups in total. The Bertz CT molecular complexity index is 413. The van der Waals surface area contributed by atoms with Gasteiger partial charge in [0.15, 0.2) is 0 Å². The summed E-state index contributed by atoms with van der Waals surface area (Å²) >= 11 is 3.43.